The van der Waals surface area contributed by atoms with E-state index < -0.39 is 0 Å². The first-order valence-corrected chi connectivity index (χ1v) is 19.1. The number of hydrogen-bond donors (Lipinski definition) is 1. The summed E-state index contributed by atoms with van der Waals surface area (Å²) in [5.74, 6) is 1.91. The van der Waals surface area contributed by atoms with Crippen molar-refractivity contribution >= 4 is 94.9 Å². The number of carbonyl (C=O) groups excluding carboxylic acids is 3. The Balaban J connectivity index is 0.000000176. The third-order valence-corrected chi connectivity index (χ3v) is 13.0. The summed E-state index contributed by atoms with van der Waals surface area (Å²) < 4.78 is 5.58. The number of rotatable bonds is 5. The summed E-state index contributed by atoms with van der Waals surface area (Å²) in [6.45, 7) is 0. The Kier molecular flexibility index (Phi) is 9.72. The number of nitrogens with one attached hydrogen (secondary N) is 1. The highest BCUT2D eigenvalue weighted by Crippen LogP contribution is 2.44. The molecule has 0 saturated carbocycles. The summed E-state index contributed by atoms with van der Waals surface area (Å²) >= 11 is 10.7. The van der Waals surface area contributed by atoms with Crippen molar-refractivity contribution in [2.24, 2.45) is 11.8 Å². The minimum Gasteiger partial charge on any atom is -0.495 e. The van der Waals surface area contributed by atoms with Gasteiger partial charge in [-0.2, -0.15) is 0 Å². The van der Waals surface area contributed by atoms with Crippen LogP contribution in [-0.2, 0) is 46.5 Å². The molecule has 50 heavy (non-hydrogen) atoms. The fraction of sp³-hybridized carbons (Fsp3) is 0.400. The summed E-state index contributed by atoms with van der Waals surface area (Å²) in [7, 11) is 8.87. The van der Waals surface area contributed by atoms with Crippen molar-refractivity contribution in [2.75, 3.05) is 40.6 Å². The second-order valence-corrected chi connectivity index (χ2v) is 16.7. The van der Waals surface area contributed by atoms with Gasteiger partial charge in [0.15, 0.2) is 5.12 Å². The molecule has 2 aliphatic carbocycles. The summed E-state index contributed by atoms with van der Waals surface area (Å²) in [5.41, 5.74) is 4.25. The number of fused-ring (bicyclic) bond motifs is 7. The molecule has 0 saturated heterocycles. The van der Waals surface area contributed by atoms with Gasteiger partial charge in [0.05, 0.1) is 23.6 Å². The number of benzene rings is 1. The molecular formula is C35H36ClN7O4S3. The van der Waals surface area contributed by atoms with Gasteiger partial charge in [-0.3, -0.25) is 14.4 Å². The fourth-order valence-corrected chi connectivity index (χ4v) is 10.7. The molecule has 2 atom stereocenters. The lowest BCUT2D eigenvalue weighted by molar-refractivity contribution is -0.134. The monoisotopic (exact) mass is 749 g/mol. The summed E-state index contributed by atoms with van der Waals surface area (Å²) in [6, 6.07) is 3.89. The molecule has 8 rings (SSSR count). The second-order valence-electron chi connectivity index (χ2n) is 13.0. The van der Waals surface area contributed by atoms with E-state index in [1.54, 1.807) is 45.9 Å². The Morgan fingerprint density at radius 2 is 1.44 bits per heavy atom. The van der Waals surface area contributed by atoms with Gasteiger partial charge in [-0.15, -0.1) is 22.7 Å². The molecular weight excluding hydrogens is 714 g/mol. The number of ether oxygens (including phenoxy) is 1. The molecule has 0 radical (unpaired) electrons. The van der Waals surface area contributed by atoms with Crippen molar-refractivity contribution in [1.29, 1.82) is 0 Å². The first-order valence-electron chi connectivity index (χ1n) is 16.3. The average molecular weight is 750 g/mol. The summed E-state index contributed by atoms with van der Waals surface area (Å²) in [4.78, 5) is 62.4. The van der Waals surface area contributed by atoms with Gasteiger partial charge in [-0.05, 0) is 67.3 Å². The molecule has 5 aromatic rings. The zero-order valence-corrected chi connectivity index (χ0v) is 31.5. The van der Waals surface area contributed by atoms with Crippen LogP contribution in [0, 0.1) is 11.8 Å². The van der Waals surface area contributed by atoms with E-state index in [4.69, 9.17) is 16.3 Å². The molecule has 3 aliphatic rings. The number of aromatic nitrogens is 4. The molecule has 15 heteroatoms. The van der Waals surface area contributed by atoms with Crippen LogP contribution in [0.3, 0.4) is 0 Å². The topological polar surface area (TPSA) is 131 Å². The van der Waals surface area contributed by atoms with Crippen LogP contribution in [0.25, 0.3) is 20.4 Å². The standard InChI is InChI=1S/C22H22N4O3S2.C13H14ClN3OS/c1-26(2)22(28)11-4-5-13-17(7-11)31-21-19(13)20(23-10-24-21)25-14-9-16-12(6-15(14)29-3)8-18(27)30-16;1-17(2)13(18)7-3-4-8-9(5-7)19-12-10(8)11(14)15-6-16-12/h6,9-11H,4-5,7-8H2,1-3H3,(H,23,24,25);6-7H,3-5H2,1-2H3. The average Bonchev–Trinajstić information content (AvgIpc) is 3.78. The zero-order valence-electron chi connectivity index (χ0n) is 28.3. The van der Waals surface area contributed by atoms with Crippen LogP contribution in [0.1, 0.15) is 39.3 Å². The lowest BCUT2D eigenvalue weighted by atomic mass is 9.87. The van der Waals surface area contributed by atoms with Gasteiger partial charge in [-0.1, -0.05) is 23.4 Å². The van der Waals surface area contributed by atoms with Crippen LogP contribution >= 0.6 is 46.0 Å². The SMILES string of the molecule is CN(C)C(=O)C1CCc2c(sc3ncnc(Cl)c23)C1.COc1cc2c(cc1Nc1ncnc3sc4c(c13)CCC(C(=O)N(C)C)C4)SC(=O)C2. The minimum absolute atomic E-state index is 0.0197. The molecule has 0 spiro atoms. The molecule has 0 bridgehead atoms. The maximum absolute atomic E-state index is 12.5. The van der Waals surface area contributed by atoms with Gasteiger partial charge in [-0.25, -0.2) is 19.9 Å². The molecule has 1 N–H and O–H groups in total. The first kappa shape index (κ1) is 34.6. The minimum atomic E-state index is 0.0197. The third kappa shape index (κ3) is 6.54. The van der Waals surface area contributed by atoms with Crippen LogP contribution < -0.4 is 10.1 Å². The number of amides is 2. The summed E-state index contributed by atoms with van der Waals surface area (Å²) in [5, 5.41) is 6.11. The van der Waals surface area contributed by atoms with Crippen LogP contribution in [0.15, 0.2) is 29.7 Å². The first-order chi connectivity index (χ1) is 24.0. The Labute approximate surface area is 306 Å². The van der Waals surface area contributed by atoms with Crippen molar-refractivity contribution in [3.05, 3.63) is 56.4 Å². The van der Waals surface area contributed by atoms with Crippen molar-refractivity contribution in [2.45, 2.75) is 49.8 Å². The highest BCUT2D eigenvalue weighted by Gasteiger charge is 2.31. The number of carbonyl (C=O) groups is 3. The number of thiophene rings is 2. The lowest BCUT2D eigenvalue weighted by Gasteiger charge is -2.24. The van der Waals surface area contributed by atoms with E-state index in [0.717, 1.165) is 80.9 Å². The predicted octanol–water partition coefficient (Wildman–Crippen LogP) is 6.35. The van der Waals surface area contributed by atoms with Crippen molar-refractivity contribution in [3.8, 4) is 5.75 Å². The van der Waals surface area contributed by atoms with Gasteiger partial charge in [0.2, 0.25) is 11.8 Å². The Bertz CT molecular complexity index is 2170. The van der Waals surface area contributed by atoms with Crippen molar-refractivity contribution in [1.82, 2.24) is 29.7 Å². The maximum atomic E-state index is 12.5. The Morgan fingerprint density at radius 1 is 0.860 bits per heavy atom. The van der Waals surface area contributed by atoms with Gasteiger partial charge in [0.25, 0.3) is 0 Å². The number of halogens is 1. The molecule has 5 heterocycles. The van der Waals surface area contributed by atoms with Gasteiger partial charge < -0.3 is 19.9 Å². The second kappa shape index (κ2) is 14.0. The van der Waals surface area contributed by atoms with Crippen LogP contribution in [0.5, 0.6) is 5.75 Å². The molecule has 2 amide bonds. The number of nitrogens with zero attached hydrogens (tertiary/aromatic N) is 6. The quantitative estimate of drug-likeness (QED) is 0.203. The van der Waals surface area contributed by atoms with E-state index in [0.29, 0.717) is 17.3 Å². The van der Waals surface area contributed by atoms with Gasteiger partial charge in [0, 0.05) is 61.1 Å². The van der Waals surface area contributed by atoms with Gasteiger partial charge >= 0.3 is 0 Å². The van der Waals surface area contributed by atoms with E-state index >= 15 is 0 Å². The number of anilines is 2. The van der Waals surface area contributed by atoms with Crippen molar-refractivity contribution in [3.63, 3.8) is 0 Å². The smallest absolute Gasteiger partial charge is 0.225 e. The number of methoxy groups -OCH3 is 1. The fourth-order valence-electron chi connectivity index (χ4n) is 6.97. The molecule has 11 nitrogen and oxygen atoms in total. The van der Waals surface area contributed by atoms with E-state index in [-0.39, 0.29) is 28.8 Å². The van der Waals surface area contributed by atoms with Crippen LogP contribution in [0.4, 0.5) is 11.5 Å². The zero-order chi connectivity index (χ0) is 35.3. The number of thioether (sulfide) groups is 1. The molecule has 1 aromatic carbocycles. The molecule has 1 aliphatic heterocycles. The van der Waals surface area contributed by atoms with E-state index in [2.05, 4.69) is 25.3 Å². The Hall–Kier alpha value is -3.85. The van der Waals surface area contributed by atoms with E-state index in [1.807, 2.05) is 40.3 Å². The molecule has 4 aromatic heterocycles. The highest BCUT2D eigenvalue weighted by molar-refractivity contribution is 8.14. The molecule has 2 unspecified atom stereocenters. The lowest BCUT2D eigenvalue weighted by Crippen LogP contribution is -2.32. The van der Waals surface area contributed by atoms with E-state index in [9.17, 15) is 14.4 Å². The van der Waals surface area contributed by atoms with Crippen LogP contribution in [0.2, 0.25) is 5.15 Å². The van der Waals surface area contributed by atoms with E-state index in [1.165, 1.54) is 39.0 Å². The molecule has 0 fully saturated rings. The predicted molar refractivity (Wildman–Crippen MR) is 199 cm³/mol. The van der Waals surface area contributed by atoms with Gasteiger partial charge in [0.1, 0.15) is 39.0 Å². The summed E-state index contributed by atoms with van der Waals surface area (Å²) in [6.07, 6.45) is 8.44. The number of aryl methyl sites for hydroxylation is 2. The third-order valence-electron chi connectivity index (χ3n) is 9.42. The highest BCUT2D eigenvalue weighted by atomic mass is 35.5. The normalized spacial score (nSPS) is 17.8. The Morgan fingerprint density at radius 3 is 2.04 bits per heavy atom. The van der Waals surface area contributed by atoms with Crippen molar-refractivity contribution < 1.29 is 19.1 Å². The number of hydrogen-bond acceptors (Lipinski definition) is 12. The van der Waals surface area contributed by atoms with Crippen LogP contribution in [-0.4, -0.2) is 82.0 Å². The molecule has 260 valence electrons. The largest absolute Gasteiger partial charge is 0.495 e. The maximum Gasteiger partial charge on any atom is 0.225 e.